The molecular formula is C18H27ClO2. The van der Waals surface area contributed by atoms with E-state index < -0.39 is 0 Å². The van der Waals surface area contributed by atoms with E-state index in [9.17, 15) is 4.79 Å². The average Bonchev–Trinajstić information content (AvgIpc) is 2.50. The first kappa shape index (κ1) is 18.0. The highest BCUT2D eigenvalue weighted by Crippen LogP contribution is 2.26. The van der Waals surface area contributed by atoms with Crippen molar-refractivity contribution in [3.05, 3.63) is 28.8 Å². The Morgan fingerprint density at radius 2 is 1.71 bits per heavy atom. The van der Waals surface area contributed by atoms with Crippen molar-refractivity contribution in [1.29, 1.82) is 0 Å². The van der Waals surface area contributed by atoms with Gasteiger partial charge in [0.2, 0.25) is 0 Å². The van der Waals surface area contributed by atoms with Crippen molar-refractivity contribution in [2.24, 2.45) is 0 Å². The molecule has 2 nitrogen and oxygen atoms in total. The number of hydrogen-bond acceptors (Lipinski definition) is 2. The number of hydrogen-bond donors (Lipinski definition) is 0. The molecule has 1 rings (SSSR count). The van der Waals surface area contributed by atoms with E-state index in [-0.39, 0.29) is 5.78 Å². The lowest BCUT2D eigenvalue weighted by Crippen LogP contribution is -2.00. The number of ether oxygens (including phenoxy) is 1. The van der Waals surface area contributed by atoms with Crippen LogP contribution in [0.25, 0.3) is 0 Å². The lowest BCUT2D eigenvalue weighted by atomic mass is 10.1. The summed E-state index contributed by atoms with van der Waals surface area (Å²) < 4.78 is 5.69. The van der Waals surface area contributed by atoms with Crippen molar-refractivity contribution in [2.75, 3.05) is 6.61 Å². The van der Waals surface area contributed by atoms with Gasteiger partial charge in [-0.3, -0.25) is 4.79 Å². The average molecular weight is 311 g/mol. The second-order valence-corrected chi connectivity index (χ2v) is 5.80. The largest absolute Gasteiger partial charge is 0.492 e. The van der Waals surface area contributed by atoms with Crippen LogP contribution in [0.1, 0.15) is 75.6 Å². The van der Waals surface area contributed by atoms with Crippen LogP contribution in [-0.2, 0) is 0 Å². The van der Waals surface area contributed by atoms with Crippen molar-refractivity contribution in [1.82, 2.24) is 0 Å². The Balaban J connectivity index is 2.25. The fraction of sp³-hybridized carbons (Fsp3) is 0.611. The second kappa shape index (κ2) is 10.7. The molecule has 0 fully saturated rings. The molecule has 0 saturated carbocycles. The highest BCUT2D eigenvalue weighted by Gasteiger charge is 2.07. The van der Waals surface area contributed by atoms with Gasteiger partial charge in [0, 0.05) is 12.0 Å². The van der Waals surface area contributed by atoms with E-state index in [1.165, 1.54) is 38.5 Å². The SMILES string of the molecule is CCCCCCCCCOc1ccc(C(=O)CC)cc1Cl. The normalized spacial score (nSPS) is 10.6. The Morgan fingerprint density at radius 3 is 2.33 bits per heavy atom. The predicted octanol–water partition coefficient (Wildman–Crippen LogP) is 6.06. The summed E-state index contributed by atoms with van der Waals surface area (Å²) in [6, 6.07) is 5.29. The minimum absolute atomic E-state index is 0.107. The number of ketones is 1. The molecule has 0 aliphatic carbocycles. The maximum atomic E-state index is 11.6. The first-order valence-corrected chi connectivity index (χ1v) is 8.52. The van der Waals surface area contributed by atoms with Crippen molar-refractivity contribution in [2.45, 2.75) is 65.2 Å². The molecule has 0 aliphatic heterocycles. The number of benzene rings is 1. The minimum Gasteiger partial charge on any atom is -0.492 e. The van der Waals surface area contributed by atoms with Crippen LogP contribution >= 0.6 is 11.6 Å². The first-order chi connectivity index (χ1) is 10.2. The highest BCUT2D eigenvalue weighted by molar-refractivity contribution is 6.32. The summed E-state index contributed by atoms with van der Waals surface area (Å²) in [6.45, 7) is 4.77. The number of halogens is 1. The lowest BCUT2D eigenvalue weighted by molar-refractivity contribution is 0.0988. The maximum Gasteiger partial charge on any atom is 0.162 e. The Kier molecular flexibility index (Phi) is 9.16. The summed E-state index contributed by atoms with van der Waals surface area (Å²) in [5, 5.41) is 0.525. The molecule has 0 atom stereocenters. The maximum absolute atomic E-state index is 11.6. The van der Waals surface area contributed by atoms with Gasteiger partial charge in [0.05, 0.1) is 11.6 Å². The van der Waals surface area contributed by atoms with E-state index in [2.05, 4.69) is 6.92 Å². The molecule has 3 heteroatoms. The van der Waals surface area contributed by atoms with Gasteiger partial charge in [-0.15, -0.1) is 0 Å². The summed E-state index contributed by atoms with van der Waals surface area (Å²) in [5.41, 5.74) is 0.658. The predicted molar refractivity (Wildman–Crippen MR) is 89.6 cm³/mol. The summed E-state index contributed by atoms with van der Waals surface area (Å²) in [6.07, 6.45) is 9.33. The molecule has 0 saturated heterocycles. The Morgan fingerprint density at radius 1 is 1.05 bits per heavy atom. The molecule has 21 heavy (non-hydrogen) atoms. The standard InChI is InChI=1S/C18H27ClO2/c1-3-5-6-7-8-9-10-13-21-18-12-11-15(14-16(18)19)17(20)4-2/h11-12,14H,3-10,13H2,1-2H3. The molecule has 0 N–H and O–H groups in total. The topological polar surface area (TPSA) is 26.3 Å². The van der Waals surface area contributed by atoms with Gasteiger partial charge in [0.15, 0.2) is 5.78 Å². The number of rotatable bonds is 11. The van der Waals surface area contributed by atoms with Crippen LogP contribution in [0.3, 0.4) is 0 Å². The number of carbonyl (C=O) groups excluding carboxylic acids is 1. The van der Waals surface area contributed by atoms with Crippen LogP contribution in [-0.4, -0.2) is 12.4 Å². The molecule has 0 amide bonds. The zero-order chi connectivity index (χ0) is 15.5. The van der Waals surface area contributed by atoms with Gasteiger partial charge in [-0.25, -0.2) is 0 Å². The molecule has 1 aromatic rings. The van der Waals surface area contributed by atoms with E-state index in [0.717, 1.165) is 6.42 Å². The molecular weight excluding hydrogens is 284 g/mol. The minimum atomic E-state index is 0.107. The van der Waals surface area contributed by atoms with Gasteiger partial charge in [-0.2, -0.15) is 0 Å². The number of Topliss-reactive ketones (excluding diaryl/α,β-unsaturated/α-hetero) is 1. The number of unbranched alkanes of at least 4 members (excludes halogenated alkanes) is 6. The molecule has 0 spiro atoms. The summed E-state index contributed by atoms with van der Waals surface area (Å²) in [7, 11) is 0. The summed E-state index contributed by atoms with van der Waals surface area (Å²) in [4.78, 5) is 11.6. The van der Waals surface area contributed by atoms with Crippen molar-refractivity contribution >= 4 is 17.4 Å². The highest BCUT2D eigenvalue weighted by atomic mass is 35.5. The van der Waals surface area contributed by atoms with E-state index in [1.54, 1.807) is 18.2 Å². The Bertz CT molecular complexity index is 429. The van der Waals surface area contributed by atoms with Crippen LogP contribution in [0.15, 0.2) is 18.2 Å². The zero-order valence-electron chi connectivity index (χ0n) is 13.3. The Hall–Kier alpha value is -1.02. The molecule has 1 aromatic carbocycles. The van der Waals surface area contributed by atoms with Crippen LogP contribution in [0.5, 0.6) is 5.75 Å². The zero-order valence-corrected chi connectivity index (χ0v) is 14.0. The molecule has 0 aromatic heterocycles. The van der Waals surface area contributed by atoms with Crippen LogP contribution in [0, 0.1) is 0 Å². The van der Waals surface area contributed by atoms with Gasteiger partial charge in [0.25, 0.3) is 0 Å². The molecule has 118 valence electrons. The van der Waals surface area contributed by atoms with E-state index in [4.69, 9.17) is 16.3 Å². The number of carbonyl (C=O) groups is 1. The van der Waals surface area contributed by atoms with Gasteiger partial charge < -0.3 is 4.74 Å². The second-order valence-electron chi connectivity index (χ2n) is 5.39. The molecule has 0 heterocycles. The van der Waals surface area contributed by atoms with Gasteiger partial charge in [-0.1, -0.05) is 64.0 Å². The van der Waals surface area contributed by atoms with Crippen molar-refractivity contribution < 1.29 is 9.53 Å². The quantitative estimate of drug-likeness (QED) is 0.366. The van der Waals surface area contributed by atoms with Gasteiger partial charge in [-0.05, 0) is 24.6 Å². The molecule has 0 aliphatic rings. The van der Waals surface area contributed by atoms with E-state index in [1.807, 2.05) is 6.92 Å². The third-order valence-electron chi connectivity index (χ3n) is 3.58. The van der Waals surface area contributed by atoms with Crippen LogP contribution in [0.4, 0.5) is 0 Å². The fourth-order valence-electron chi connectivity index (χ4n) is 2.24. The van der Waals surface area contributed by atoms with Crippen LogP contribution in [0.2, 0.25) is 5.02 Å². The van der Waals surface area contributed by atoms with E-state index >= 15 is 0 Å². The molecule has 0 bridgehead atoms. The van der Waals surface area contributed by atoms with E-state index in [0.29, 0.717) is 29.4 Å². The lowest BCUT2D eigenvalue weighted by Gasteiger charge is -2.09. The van der Waals surface area contributed by atoms with Gasteiger partial charge in [0.1, 0.15) is 5.75 Å². The van der Waals surface area contributed by atoms with Crippen LogP contribution < -0.4 is 4.74 Å². The summed E-state index contributed by atoms with van der Waals surface area (Å²) >= 11 is 6.15. The van der Waals surface area contributed by atoms with Gasteiger partial charge >= 0.3 is 0 Å². The molecule has 0 unspecified atom stereocenters. The fourth-order valence-corrected chi connectivity index (χ4v) is 2.47. The third kappa shape index (κ3) is 6.99. The Labute approximate surface area is 133 Å². The summed E-state index contributed by atoms with van der Waals surface area (Å²) in [5.74, 6) is 0.783. The van der Waals surface area contributed by atoms with Crippen molar-refractivity contribution in [3.8, 4) is 5.75 Å². The third-order valence-corrected chi connectivity index (χ3v) is 3.88. The first-order valence-electron chi connectivity index (χ1n) is 8.14. The monoisotopic (exact) mass is 310 g/mol. The smallest absolute Gasteiger partial charge is 0.162 e. The molecule has 0 radical (unpaired) electrons. The van der Waals surface area contributed by atoms with Crippen molar-refractivity contribution in [3.63, 3.8) is 0 Å².